The molecule has 0 aliphatic heterocycles. The van der Waals surface area contributed by atoms with Crippen molar-refractivity contribution in [3.05, 3.63) is 59.7 Å². The summed E-state index contributed by atoms with van der Waals surface area (Å²) in [4.78, 5) is 25.5. The van der Waals surface area contributed by atoms with E-state index in [0.717, 1.165) is 5.56 Å². The number of amides is 2. The van der Waals surface area contributed by atoms with Gasteiger partial charge in [0.15, 0.2) is 0 Å². The molecule has 28 heavy (non-hydrogen) atoms. The molecule has 0 aromatic heterocycles. The lowest BCUT2D eigenvalue weighted by molar-refractivity contribution is -0.140. The molecule has 2 rings (SSSR count). The van der Waals surface area contributed by atoms with Crippen molar-refractivity contribution < 1.29 is 19.4 Å². The summed E-state index contributed by atoms with van der Waals surface area (Å²) in [6.45, 7) is 0.317. The first-order valence-corrected chi connectivity index (χ1v) is 8.92. The number of carbonyl (C=O) groups is 2. The Hall–Kier alpha value is -3.37. The van der Waals surface area contributed by atoms with Crippen molar-refractivity contribution in [1.29, 1.82) is 5.26 Å². The Balaban J connectivity index is 2.09. The van der Waals surface area contributed by atoms with E-state index in [1.165, 1.54) is 7.11 Å². The summed E-state index contributed by atoms with van der Waals surface area (Å²) in [7, 11) is 1.36. The van der Waals surface area contributed by atoms with Gasteiger partial charge in [-0.25, -0.2) is 4.79 Å². The van der Waals surface area contributed by atoms with Crippen LogP contribution in [0.3, 0.4) is 0 Å². The number of esters is 1. The number of nitriles is 1. The van der Waals surface area contributed by atoms with Gasteiger partial charge in [0.1, 0.15) is 0 Å². The molecule has 0 unspecified atom stereocenters. The molecule has 0 atom stereocenters. The molecule has 146 valence electrons. The number of rotatable bonds is 8. The first-order valence-electron chi connectivity index (χ1n) is 8.92. The number of hydrogen-bond donors (Lipinski definition) is 2. The maximum Gasteiger partial charge on any atom is 0.326 e. The minimum Gasteiger partial charge on any atom is -0.469 e. The number of methoxy groups -OCH3 is 1. The highest BCUT2D eigenvalue weighted by Gasteiger charge is 2.16. The summed E-state index contributed by atoms with van der Waals surface area (Å²) in [6, 6.07) is 15.6. The Morgan fingerprint density at radius 1 is 1.14 bits per heavy atom. The molecule has 0 spiro atoms. The third-order valence-electron chi connectivity index (χ3n) is 4.14. The van der Waals surface area contributed by atoms with Crippen molar-refractivity contribution in [1.82, 2.24) is 0 Å². The molecule has 0 aliphatic carbocycles. The van der Waals surface area contributed by atoms with Crippen LogP contribution in [-0.4, -0.2) is 37.4 Å². The second-order valence-corrected chi connectivity index (χ2v) is 6.09. The number of hydrogen-bond acceptors (Lipinski definition) is 5. The van der Waals surface area contributed by atoms with Gasteiger partial charge < -0.3 is 15.2 Å². The molecule has 0 bridgehead atoms. The van der Waals surface area contributed by atoms with Gasteiger partial charge in [0.25, 0.3) is 0 Å². The molecule has 2 amide bonds. The zero-order valence-corrected chi connectivity index (χ0v) is 15.7. The lowest BCUT2D eigenvalue weighted by atomic mass is 10.1. The van der Waals surface area contributed by atoms with Crippen molar-refractivity contribution in [2.45, 2.75) is 19.3 Å². The maximum absolute atomic E-state index is 12.7. The topological polar surface area (TPSA) is 103 Å². The number of carbonyl (C=O) groups excluding carboxylic acids is 2. The van der Waals surface area contributed by atoms with E-state index in [1.54, 1.807) is 29.2 Å². The molecule has 2 aromatic carbocycles. The van der Waals surface area contributed by atoms with Gasteiger partial charge in [0, 0.05) is 30.9 Å². The molecular weight excluding hydrogens is 358 g/mol. The number of anilines is 2. The number of nitrogens with zero attached hydrogens (tertiary/aromatic N) is 2. The van der Waals surface area contributed by atoms with E-state index >= 15 is 0 Å². The lowest BCUT2D eigenvalue weighted by Crippen LogP contribution is -2.36. The number of urea groups is 1. The first-order chi connectivity index (χ1) is 13.6. The van der Waals surface area contributed by atoms with E-state index in [1.807, 2.05) is 30.3 Å². The van der Waals surface area contributed by atoms with E-state index in [4.69, 9.17) is 10.4 Å². The monoisotopic (exact) mass is 381 g/mol. The van der Waals surface area contributed by atoms with Crippen LogP contribution in [0.15, 0.2) is 48.5 Å². The number of aliphatic hydroxyl groups is 1. The summed E-state index contributed by atoms with van der Waals surface area (Å²) in [5.74, 6) is -0.268. The Kier molecular flexibility index (Phi) is 8.00. The summed E-state index contributed by atoms with van der Waals surface area (Å²) < 4.78 is 4.64. The van der Waals surface area contributed by atoms with Gasteiger partial charge in [0.05, 0.1) is 18.7 Å². The van der Waals surface area contributed by atoms with Gasteiger partial charge in [-0.05, 0) is 54.8 Å². The summed E-state index contributed by atoms with van der Waals surface area (Å²) in [5, 5.41) is 20.8. The van der Waals surface area contributed by atoms with Crippen LogP contribution in [0.4, 0.5) is 16.2 Å². The molecule has 0 heterocycles. The van der Waals surface area contributed by atoms with Gasteiger partial charge in [0.2, 0.25) is 0 Å². The van der Waals surface area contributed by atoms with Gasteiger partial charge in [-0.3, -0.25) is 9.69 Å². The molecule has 0 saturated heterocycles. The van der Waals surface area contributed by atoms with Crippen molar-refractivity contribution >= 4 is 23.4 Å². The predicted molar refractivity (Wildman–Crippen MR) is 106 cm³/mol. The highest BCUT2D eigenvalue weighted by atomic mass is 16.5. The zero-order chi connectivity index (χ0) is 20.4. The van der Waals surface area contributed by atoms with Crippen molar-refractivity contribution in [3.8, 4) is 6.07 Å². The van der Waals surface area contributed by atoms with E-state index in [2.05, 4.69) is 10.1 Å². The average Bonchev–Trinajstić information content (AvgIpc) is 2.73. The third-order valence-corrected chi connectivity index (χ3v) is 4.14. The van der Waals surface area contributed by atoms with Crippen LogP contribution in [-0.2, 0) is 16.0 Å². The number of ether oxygens (including phenoxy) is 1. The van der Waals surface area contributed by atoms with Crippen molar-refractivity contribution in [2.24, 2.45) is 0 Å². The van der Waals surface area contributed by atoms with E-state index in [9.17, 15) is 9.59 Å². The standard InChI is InChI=1S/C21H23N3O4/c1-28-20(26)12-7-16-5-10-19(11-6-16)24(13-2-14-25)21(27)23-18-8-3-17(15-22)4-9-18/h3-6,8-11,25H,2,7,12-14H2,1H3,(H,23,27). The van der Waals surface area contributed by atoms with Crippen LogP contribution in [0.25, 0.3) is 0 Å². The molecule has 7 heteroatoms. The Bertz CT molecular complexity index is 826. The number of nitrogens with one attached hydrogen (secondary N) is 1. The fourth-order valence-electron chi connectivity index (χ4n) is 2.59. The minimum atomic E-state index is -0.333. The van der Waals surface area contributed by atoms with Crippen molar-refractivity contribution in [3.63, 3.8) is 0 Å². The fraction of sp³-hybridized carbons (Fsp3) is 0.286. The van der Waals surface area contributed by atoms with Gasteiger partial charge >= 0.3 is 12.0 Å². The van der Waals surface area contributed by atoms with Crippen LogP contribution < -0.4 is 10.2 Å². The molecular formula is C21H23N3O4. The summed E-state index contributed by atoms with van der Waals surface area (Å²) in [5.41, 5.74) is 2.73. The summed E-state index contributed by atoms with van der Waals surface area (Å²) >= 11 is 0. The number of aliphatic hydroxyl groups excluding tert-OH is 1. The highest BCUT2D eigenvalue weighted by molar-refractivity contribution is 6.01. The van der Waals surface area contributed by atoms with Gasteiger partial charge in [-0.1, -0.05) is 12.1 Å². The smallest absolute Gasteiger partial charge is 0.326 e. The average molecular weight is 381 g/mol. The lowest BCUT2D eigenvalue weighted by Gasteiger charge is -2.23. The zero-order valence-electron chi connectivity index (χ0n) is 15.7. The Morgan fingerprint density at radius 2 is 1.82 bits per heavy atom. The molecule has 0 aliphatic rings. The Morgan fingerprint density at radius 3 is 2.39 bits per heavy atom. The van der Waals surface area contributed by atoms with Crippen LogP contribution >= 0.6 is 0 Å². The Labute approximate surface area is 164 Å². The fourth-order valence-corrected chi connectivity index (χ4v) is 2.59. The molecule has 0 fully saturated rings. The highest BCUT2D eigenvalue weighted by Crippen LogP contribution is 2.19. The quantitative estimate of drug-likeness (QED) is 0.684. The second kappa shape index (κ2) is 10.7. The van der Waals surface area contributed by atoms with E-state index < -0.39 is 0 Å². The summed E-state index contributed by atoms with van der Waals surface area (Å²) in [6.07, 6.45) is 1.29. The molecule has 0 saturated carbocycles. The normalized spacial score (nSPS) is 10.0. The third kappa shape index (κ3) is 6.11. The van der Waals surface area contributed by atoms with Gasteiger partial charge in [-0.15, -0.1) is 0 Å². The SMILES string of the molecule is COC(=O)CCc1ccc(N(CCCO)C(=O)Nc2ccc(C#N)cc2)cc1. The number of aryl methyl sites for hydroxylation is 1. The maximum atomic E-state index is 12.7. The second-order valence-electron chi connectivity index (χ2n) is 6.09. The molecule has 7 nitrogen and oxygen atoms in total. The minimum absolute atomic E-state index is 0.0299. The molecule has 0 radical (unpaired) electrons. The van der Waals surface area contributed by atoms with Crippen LogP contribution in [0, 0.1) is 11.3 Å². The van der Waals surface area contributed by atoms with Crippen LogP contribution in [0.2, 0.25) is 0 Å². The predicted octanol–water partition coefficient (Wildman–Crippen LogP) is 3.08. The molecule has 2 N–H and O–H groups in total. The van der Waals surface area contributed by atoms with Gasteiger partial charge in [-0.2, -0.15) is 5.26 Å². The van der Waals surface area contributed by atoms with Crippen LogP contribution in [0.1, 0.15) is 24.0 Å². The van der Waals surface area contributed by atoms with Crippen molar-refractivity contribution in [2.75, 3.05) is 30.5 Å². The molecule has 2 aromatic rings. The van der Waals surface area contributed by atoms with Crippen LogP contribution in [0.5, 0.6) is 0 Å². The largest absolute Gasteiger partial charge is 0.469 e. The van der Waals surface area contributed by atoms with E-state index in [0.29, 0.717) is 42.7 Å². The number of benzene rings is 2. The van der Waals surface area contributed by atoms with E-state index in [-0.39, 0.29) is 18.6 Å². The first kappa shape index (κ1) is 20.9.